The van der Waals surface area contributed by atoms with Crippen molar-refractivity contribution in [1.29, 1.82) is 0 Å². The summed E-state index contributed by atoms with van der Waals surface area (Å²) < 4.78 is 10.2. The maximum Gasteiger partial charge on any atom is 0.225 e. The molecule has 5 nitrogen and oxygen atoms in total. The normalized spacial score (nSPS) is 17.8. The minimum Gasteiger partial charge on any atom is -0.380 e. The van der Waals surface area contributed by atoms with Crippen LogP contribution in [-0.4, -0.2) is 57.4 Å². The molecule has 1 amide bonds. The Morgan fingerprint density at radius 2 is 2.35 bits per heavy atom. The predicted octanol–water partition coefficient (Wildman–Crippen LogP) is 0.155. The second-order valence-corrected chi connectivity index (χ2v) is 4.18. The number of rotatable bonds is 6. The fraction of sp³-hybridized carbons (Fsp3) is 0.750. The van der Waals surface area contributed by atoms with E-state index in [1.807, 2.05) is 4.90 Å². The Kier molecular flexibility index (Phi) is 6.18. The highest BCUT2D eigenvalue weighted by Crippen LogP contribution is 2.12. The predicted molar refractivity (Wildman–Crippen MR) is 65.6 cm³/mol. The number of methoxy groups -OCH3 is 2. The first-order chi connectivity index (χ1) is 8.21. The zero-order chi connectivity index (χ0) is 12.7. The molecule has 0 spiro atoms. The average Bonchev–Trinajstić information content (AvgIpc) is 2.37. The van der Waals surface area contributed by atoms with Crippen molar-refractivity contribution in [2.45, 2.75) is 18.9 Å². The molecule has 1 unspecified atom stereocenters. The summed E-state index contributed by atoms with van der Waals surface area (Å²) in [5.41, 5.74) is 6.76. The summed E-state index contributed by atoms with van der Waals surface area (Å²) in [6.07, 6.45) is 3.14. The fourth-order valence-corrected chi connectivity index (χ4v) is 1.84. The van der Waals surface area contributed by atoms with Crippen LogP contribution in [0.5, 0.6) is 0 Å². The number of carbonyl (C=O) groups is 1. The van der Waals surface area contributed by atoms with Crippen LogP contribution in [0.15, 0.2) is 11.6 Å². The van der Waals surface area contributed by atoms with Crippen molar-refractivity contribution >= 4 is 5.91 Å². The van der Waals surface area contributed by atoms with E-state index < -0.39 is 0 Å². The zero-order valence-corrected chi connectivity index (χ0v) is 10.6. The molecule has 0 aromatic rings. The Labute approximate surface area is 103 Å². The summed E-state index contributed by atoms with van der Waals surface area (Å²) >= 11 is 0. The van der Waals surface area contributed by atoms with E-state index in [-0.39, 0.29) is 12.0 Å². The Bertz CT molecular complexity index is 275. The van der Waals surface area contributed by atoms with Crippen LogP contribution in [-0.2, 0) is 14.3 Å². The van der Waals surface area contributed by atoms with Gasteiger partial charge in [-0.05, 0) is 12.0 Å². The van der Waals surface area contributed by atoms with E-state index in [9.17, 15) is 4.79 Å². The molecule has 98 valence electrons. The molecule has 1 rings (SSSR count). The largest absolute Gasteiger partial charge is 0.380 e. The van der Waals surface area contributed by atoms with Crippen molar-refractivity contribution in [3.05, 3.63) is 11.6 Å². The summed E-state index contributed by atoms with van der Waals surface area (Å²) in [6.45, 7) is 2.46. The molecule has 17 heavy (non-hydrogen) atoms. The van der Waals surface area contributed by atoms with Crippen LogP contribution in [0.25, 0.3) is 0 Å². The molecule has 0 radical (unpaired) electrons. The first kappa shape index (κ1) is 14.2. The maximum absolute atomic E-state index is 11.9. The first-order valence-electron chi connectivity index (χ1n) is 5.88. The van der Waals surface area contributed by atoms with Crippen molar-refractivity contribution in [3.8, 4) is 0 Å². The number of hydrogen-bond donors (Lipinski definition) is 1. The van der Waals surface area contributed by atoms with E-state index in [2.05, 4.69) is 6.08 Å². The van der Waals surface area contributed by atoms with Gasteiger partial charge < -0.3 is 20.1 Å². The molecule has 1 aliphatic rings. The number of amides is 1. The summed E-state index contributed by atoms with van der Waals surface area (Å²) in [6, 6.07) is 0. The Morgan fingerprint density at radius 3 is 2.82 bits per heavy atom. The lowest BCUT2D eigenvalue weighted by atomic mass is 10.1. The number of nitrogens with two attached hydrogens (primary N) is 1. The van der Waals surface area contributed by atoms with Gasteiger partial charge in [0.05, 0.1) is 19.1 Å². The van der Waals surface area contributed by atoms with Gasteiger partial charge in [-0.2, -0.15) is 0 Å². The quantitative estimate of drug-likeness (QED) is 0.674. The van der Waals surface area contributed by atoms with Crippen LogP contribution in [0.3, 0.4) is 0 Å². The van der Waals surface area contributed by atoms with Gasteiger partial charge in [0.2, 0.25) is 5.91 Å². The number of ether oxygens (including phenoxy) is 2. The highest BCUT2D eigenvalue weighted by atomic mass is 16.5. The number of carbonyl (C=O) groups excluding carboxylic acids is 1. The van der Waals surface area contributed by atoms with E-state index >= 15 is 0 Å². The monoisotopic (exact) mass is 242 g/mol. The van der Waals surface area contributed by atoms with Gasteiger partial charge in [-0.15, -0.1) is 0 Å². The smallest absolute Gasteiger partial charge is 0.225 e. The lowest BCUT2D eigenvalue weighted by Gasteiger charge is -2.27. The maximum atomic E-state index is 11.9. The molecule has 1 heterocycles. The number of nitrogens with zero attached hydrogens (tertiary/aromatic N) is 1. The molecule has 0 aliphatic carbocycles. The topological polar surface area (TPSA) is 64.8 Å². The molecule has 1 aliphatic heterocycles. The van der Waals surface area contributed by atoms with Crippen molar-refractivity contribution in [1.82, 2.24) is 4.90 Å². The van der Waals surface area contributed by atoms with Crippen LogP contribution in [0.2, 0.25) is 0 Å². The Morgan fingerprint density at radius 1 is 1.59 bits per heavy atom. The van der Waals surface area contributed by atoms with E-state index in [1.54, 1.807) is 14.2 Å². The van der Waals surface area contributed by atoms with Crippen molar-refractivity contribution in [3.63, 3.8) is 0 Å². The molecule has 0 saturated carbocycles. The van der Waals surface area contributed by atoms with Gasteiger partial charge in [0.1, 0.15) is 0 Å². The summed E-state index contributed by atoms with van der Waals surface area (Å²) in [5.74, 6) is 0.106. The lowest BCUT2D eigenvalue weighted by molar-refractivity contribution is -0.133. The minimum atomic E-state index is -0.174. The standard InChI is InChI=1S/C12H22N2O3/c1-16-9-10-3-5-14(6-4-10)12(15)7-11(8-13)17-2/h3,11H,4-9,13H2,1-2H3. The molecular weight excluding hydrogens is 220 g/mol. The molecule has 5 heteroatoms. The van der Waals surface area contributed by atoms with Gasteiger partial charge >= 0.3 is 0 Å². The van der Waals surface area contributed by atoms with Gasteiger partial charge in [-0.1, -0.05) is 6.08 Å². The van der Waals surface area contributed by atoms with Gasteiger partial charge in [0.25, 0.3) is 0 Å². The lowest BCUT2D eigenvalue weighted by Crippen LogP contribution is -2.38. The van der Waals surface area contributed by atoms with E-state index in [1.165, 1.54) is 5.57 Å². The third-order valence-electron chi connectivity index (χ3n) is 2.98. The number of hydrogen-bond acceptors (Lipinski definition) is 4. The minimum absolute atomic E-state index is 0.106. The Balaban J connectivity index is 2.40. The van der Waals surface area contributed by atoms with Gasteiger partial charge in [-0.25, -0.2) is 0 Å². The second-order valence-electron chi connectivity index (χ2n) is 4.18. The van der Waals surface area contributed by atoms with Crippen LogP contribution in [0.1, 0.15) is 12.8 Å². The third-order valence-corrected chi connectivity index (χ3v) is 2.98. The highest BCUT2D eigenvalue weighted by molar-refractivity contribution is 5.77. The molecule has 0 aromatic heterocycles. The molecule has 0 bridgehead atoms. The average molecular weight is 242 g/mol. The molecule has 0 aromatic carbocycles. The van der Waals surface area contributed by atoms with E-state index in [0.717, 1.165) is 13.0 Å². The molecule has 0 fully saturated rings. The van der Waals surface area contributed by atoms with Crippen LogP contribution in [0.4, 0.5) is 0 Å². The van der Waals surface area contributed by atoms with Crippen molar-refractivity contribution in [2.75, 3.05) is 40.5 Å². The fourth-order valence-electron chi connectivity index (χ4n) is 1.84. The molecule has 1 atom stereocenters. The zero-order valence-electron chi connectivity index (χ0n) is 10.6. The van der Waals surface area contributed by atoms with Gasteiger partial charge in [0, 0.05) is 33.9 Å². The highest BCUT2D eigenvalue weighted by Gasteiger charge is 2.20. The van der Waals surface area contributed by atoms with E-state index in [0.29, 0.717) is 26.1 Å². The van der Waals surface area contributed by atoms with Crippen molar-refractivity contribution in [2.24, 2.45) is 5.73 Å². The first-order valence-corrected chi connectivity index (χ1v) is 5.88. The Hall–Kier alpha value is -0.910. The van der Waals surface area contributed by atoms with Crippen LogP contribution in [0, 0.1) is 0 Å². The van der Waals surface area contributed by atoms with Crippen LogP contribution < -0.4 is 5.73 Å². The molecular formula is C12H22N2O3. The van der Waals surface area contributed by atoms with Crippen LogP contribution >= 0.6 is 0 Å². The van der Waals surface area contributed by atoms with Gasteiger partial charge in [0.15, 0.2) is 0 Å². The SMILES string of the molecule is COCC1=CCN(C(=O)CC(CN)OC)CC1. The summed E-state index contributed by atoms with van der Waals surface area (Å²) in [7, 11) is 3.26. The molecule has 2 N–H and O–H groups in total. The van der Waals surface area contributed by atoms with E-state index in [4.69, 9.17) is 15.2 Å². The second kappa shape index (κ2) is 7.42. The van der Waals surface area contributed by atoms with Gasteiger partial charge in [-0.3, -0.25) is 4.79 Å². The third kappa shape index (κ3) is 4.46. The molecule has 0 saturated heterocycles. The summed E-state index contributed by atoms with van der Waals surface area (Å²) in [4.78, 5) is 13.8. The van der Waals surface area contributed by atoms with Crippen molar-refractivity contribution < 1.29 is 14.3 Å². The summed E-state index contributed by atoms with van der Waals surface area (Å²) in [5, 5.41) is 0.